The van der Waals surface area contributed by atoms with Crippen LogP contribution < -0.4 is 0 Å². The molecule has 1 aliphatic rings. The van der Waals surface area contributed by atoms with Crippen LogP contribution in [-0.2, 0) is 11.3 Å². The van der Waals surface area contributed by atoms with Crippen molar-refractivity contribution < 1.29 is 13.9 Å². The van der Waals surface area contributed by atoms with Crippen molar-refractivity contribution in [2.45, 2.75) is 58.8 Å². The van der Waals surface area contributed by atoms with Crippen LogP contribution in [0.2, 0.25) is 5.02 Å². The van der Waals surface area contributed by atoms with Crippen LogP contribution in [-0.4, -0.2) is 32.4 Å². The van der Waals surface area contributed by atoms with Crippen LogP contribution in [0.5, 0.6) is 0 Å². The molecule has 1 unspecified atom stereocenters. The van der Waals surface area contributed by atoms with E-state index >= 15 is 0 Å². The summed E-state index contributed by atoms with van der Waals surface area (Å²) < 4.78 is 22.7. The van der Waals surface area contributed by atoms with Crippen molar-refractivity contribution in [3.8, 4) is 11.3 Å². The predicted octanol–water partition coefficient (Wildman–Crippen LogP) is 5.65. The molecule has 0 N–H and O–H groups in total. The van der Waals surface area contributed by atoms with E-state index in [9.17, 15) is 9.18 Å². The van der Waals surface area contributed by atoms with E-state index in [0.717, 1.165) is 9.26 Å². The van der Waals surface area contributed by atoms with Gasteiger partial charge in [0.2, 0.25) is 0 Å². The number of carbonyl (C=O) groups is 1. The maximum Gasteiger partial charge on any atom is 0.411 e. The second-order valence-electron chi connectivity index (χ2n) is 7.77. The van der Waals surface area contributed by atoms with Gasteiger partial charge in [-0.2, -0.15) is 5.10 Å². The highest BCUT2D eigenvalue weighted by Gasteiger charge is 2.38. The van der Waals surface area contributed by atoms with Gasteiger partial charge < -0.3 is 4.74 Å². The van der Waals surface area contributed by atoms with E-state index in [4.69, 9.17) is 16.3 Å². The van der Waals surface area contributed by atoms with Crippen LogP contribution in [0.1, 0.15) is 46.4 Å². The number of hydrogen-bond acceptors (Lipinski definition) is 3. The topological polar surface area (TPSA) is 47.4 Å². The minimum absolute atomic E-state index is 0.0963. The van der Waals surface area contributed by atoms with E-state index < -0.39 is 11.4 Å². The average Bonchev–Trinajstić information content (AvgIpc) is 2.82. The summed E-state index contributed by atoms with van der Waals surface area (Å²) in [6, 6.07) is 4.22. The molecule has 0 radical (unpaired) electrons. The standard InChI is InChI=1S/C19H22ClFIN3O2/c1-10-9-24-17(11(2)25(10)18(26)27-19(3,4)5)15(22)16(23-24)13-7-6-12(20)8-14(13)21/h6-8,10-11H,9H2,1-5H3/t10-,11?/m0/s1. The molecule has 0 fully saturated rings. The van der Waals surface area contributed by atoms with E-state index in [1.54, 1.807) is 17.0 Å². The quantitative estimate of drug-likeness (QED) is 0.471. The molecule has 2 atom stereocenters. The molecule has 27 heavy (non-hydrogen) atoms. The summed E-state index contributed by atoms with van der Waals surface area (Å²) in [4.78, 5) is 14.4. The van der Waals surface area contributed by atoms with Crippen LogP contribution in [0.25, 0.3) is 11.3 Å². The number of nitrogens with zero attached hydrogens (tertiary/aromatic N) is 3. The van der Waals surface area contributed by atoms with Crippen molar-refractivity contribution in [3.05, 3.63) is 38.3 Å². The van der Waals surface area contributed by atoms with E-state index in [-0.39, 0.29) is 18.2 Å². The van der Waals surface area contributed by atoms with Gasteiger partial charge in [-0.25, -0.2) is 9.18 Å². The highest BCUT2D eigenvalue weighted by Crippen LogP contribution is 2.38. The third-order valence-corrected chi connectivity index (χ3v) is 5.75. The van der Waals surface area contributed by atoms with Crippen molar-refractivity contribution in [2.75, 3.05) is 0 Å². The van der Waals surface area contributed by atoms with Crippen LogP contribution in [0, 0.1) is 9.39 Å². The second-order valence-corrected chi connectivity index (χ2v) is 9.28. The Kier molecular flexibility index (Phi) is 5.46. The summed E-state index contributed by atoms with van der Waals surface area (Å²) in [7, 11) is 0. The van der Waals surface area contributed by atoms with Crippen molar-refractivity contribution in [2.24, 2.45) is 0 Å². The van der Waals surface area contributed by atoms with Crippen molar-refractivity contribution >= 4 is 40.3 Å². The smallest absolute Gasteiger partial charge is 0.411 e. The lowest BCUT2D eigenvalue weighted by molar-refractivity contribution is -0.000433. The fourth-order valence-electron chi connectivity index (χ4n) is 3.35. The Labute approximate surface area is 177 Å². The van der Waals surface area contributed by atoms with Crippen LogP contribution >= 0.6 is 34.2 Å². The first-order valence-electron chi connectivity index (χ1n) is 8.72. The molecule has 146 valence electrons. The summed E-state index contributed by atoms with van der Waals surface area (Å²) in [5.41, 5.74) is 1.27. The molecular formula is C19H22ClFIN3O2. The lowest BCUT2D eigenvalue weighted by Crippen LogP contribution is -2.49. The number of ether oxygens (including phenoxy) is 1. The highest BCUT2D eigenvalue weighted by atomic mass is 127. The Balaban J connectivity index is 2.02. The molecule has 5 nitrogen and oxygen atoms in total. The Morgan fingerprint density at radius 1 is 1.37 bits per heavy atom. The molecular weight excluding hydrogens is 484 g/mol. The van der Waals surface area contributed by atoms with Crippen LogP contribution in [0.4, 0.5) is 9.18 Å². The zero-order valence-electron chi connectivity index (χ0n) is 15.9. The van der Waals surface area contributed by atoms with Crippen LogP contribution in [0.3, 0.4) is 0 Å². The zero-order chi connectivity index (χ0) is 20.1. The number of halogens is 3. The minimum atomic E-state index is -0.570. The van der Waals surface area contributed by atoms with Crippen molar-refractivity contribution in [1.29, 1.82) is 0 Å². The third kappa shape index (κ3) is 3.94. The number of aromatic nitrogens is 2. The predicted molar refractivity (Wildman–Crippen MR) is 111 cm³/mol. The van der Waals surface area contributed by atoms with E-state index in [1.807, 2.05) is 39.3 Å². The largest absolute Gasteiger partial charge is 0.444 e. The second kappa shape index (κ2) is 7.24. The fraction of sp³-hybridized carbons (Fsp3) is 0.474. The van der Waals surface area contributed by atoms with Crippen molar-refractivity contribution in [3.63, 3.8) is 0 Å². The number of fused-ring (bicyclic) bond motifs is 1. The van der Waals surface area contributed by atoms with Gasteiger partial charge in [-0.3, -0.25) is 9.58 Å². The van der Waals surface area contributed by atoms with Gasteiger partial charge in [0.05, 0.1) is 27.9 Å². The summed E-state index contributed by atoms with van der Waals surface area (Å²) >= 11 is 8.04. The van der Waals surface area contributed by atoms with E-state index in [2.05, 4.69) is 27.7 Å². The zero-order valence-corrected chi connectivity index (χ0v) is 18.8. The SMILES string of the molecule is CC1c2c(I)c(-c3ccc(Cl)cc3F)nn2C[C@H](C)N1C(=O)OC(C)(C)C. The van der Waals surface area contributed by atoms with Gasteiger partial charge in [0.1, 0.15) is 17.1 Å². The highest BCUT2D eigenvalue weighted by molar-refractivity contribution is 14.1. The number of benzene rings is 1. The number of hydrogen-bond donors (Lipinski definition) is 0. The van der Waals surface area contributed by atoms with Gasteiger partial charge in [0.25, 0.3) is 0 Å². The first kappa shape index (κ1) is 20.4. The fourth-order valence-corrected chi connectivity index (χ4v) is 4.64. The Morgan fingerprint density at radius 2 is 2.04 bits per heavy atom. The summed E-state index contributed by atoms with van der Waals surface area (Å²) in [6.45, 7) is 9.96. The summed E-state index contributed by atoms with van der Waals surface area (Å²) in [5, 5.41) is 4.97. The summed E-state index contributed by atoms with van der Waals surface area (Å²) in [5.74, 6) is -0.416. The molecule has 0 saturated carbocycles. The average molecular weight is 506 g/mol. The Hall–Kier alpha value is -1.35. The minimum Gasteiger partial charge on any atom is -0.444 e. The molecule has 2 aromatic rings. The molecule has 1 aliphatic heterocycles. The Bertz CT molecular complexity index is 894. The molecule has 1 aromatic heterocycles. The molecule has 1 aromatic carbocycles. The van der Waals surface area contributed by atoms with Gasteiger partial charge >= 0.3 is 6.09 Å². The number of rotatable bonds is 1. The van der Waals surface area contributed by atoms with E-state index in [0.29, 0.717) is 22.8 Å². The molecule has 0 spiro atoms. The lowest BCUT2D eigenvalue weighted by atomic mass is 10.1. The molecule has 1 amide bonds. The van der Waals surface area contributed by atoms with Gasteiger partial charge in [0, 0.05) is 10.6 Å². The molecule has 3 rings (SSSR count). The maximum absolute atomic E-state index is 14.4. The molecule has 2 heterocycles. The third-order valence-electron chi connectivity index (χ3n) is 4.45. The van der Waals surface area contributed by atoms with Crippen LogP contribution in [0.15, 0.2) is 18.2 Å². The van der Waals surface area contributed by atoms with Gasteiger partial charge in [-0.15, -0.1) is 0 Å². The first-order valence-corrected chi connectivity index (χ1v) is 10.2. The lowest BCUT2D eigenvalue weighted by Gasteiger charge is -2.39. The first-order chi connectivity index (χ1) is 12.5. The molecule has 0 bridgehead atoms. The van der Waals surface area contributed by atoms with Gasteiger partial charge in [0.15, 0.2) is 0 Å². The maximum atomic E-state index is 14.4. The summed E-state index contributed by atoms with van der Waals surface area (Å²) in [6.07, 6.45) is -0.357. The number of amides is 1. The monoisotopic (exact) mass is 505 g/mol. The number of carbonyl (C=O) groups excluding carboxylic acids is 1. The molecule has 0 aliphatic carbocycles. The van der Waals surface area contributed by atoms with E-state index in [1.165, 1.54) is 6.07 Å². The molecule has 0 saturated heterocycles. The molecule has 8 heteroatoms. The normalized spacial score (nSPS) is 19.8. The van der Waals surface area contributed by atoms with Gasteiger partial charge in [-0.05, 0) is 75.4 Å². The van der Waals surface area contributed by atoms with Crippen molar-refractivity contribution in [1.82, 2.24) is 14.7 Å². The Morgan fingerprint density at radius 3 is 2.63 bits per heavy atom. The van der Waals surface area contributed by atoms with Gasteiger partial charge in [-0.1, -0.05) is 11.6 Å².